The average molecular weight is 481 g/mol. The van der Waals surface area contributed by atoms with E-state index in [-0.39, 0.29) is 21.3 Å². The maximum absolute atomic E-state index is 12.9. The highest BCUT2D eigenvalue weighted by atomic mass is 35.5. The van der Waals surface area contributed by atoms with Gasteiger partial charge in [0.2, 0.25) is 15.8 Å². The molecule has 1 saturated heterocycles. The molecule has 0 unspecified atom stereocenters. The van der Waals surface area contributed by atoms with E-state index in [1.165, 1.54) is 22.5 Å². The zero-order valence-corrected chi connectivity index (χ0v) is 20.3. The van der Waals surface area contributed by atoms with Crippen molar-refractivity contribution in [3.05, 3.63) is 51.8 Å². The minimum Gasteiger partial charge on any atom is -0.454 e. The molecule has 1 fully saturated rings. The molecule has 0 radical (unpaired) electrons. The summed E-state index contributed by atoms with van der Waals surface area (Å²) >= 11 is 6.15. The molecular formula is C23H29ClN2O5S. The molecular weight excluding hydrogens is 452 g/mol. The standard InChI is InChI=1S/C23H29ClN2O5S/c1-4-10-26-16(2)13-19(17(26)3)22(27)15-31-23(28)20-14-18(8-9-21(20)24)32(29,30)25-11-6-5-7-12-25/h8-9,13-14H,4-7,10-12,15H2,1-3H3. The van der Waals surface area contributed by atoms with E-state index in [0.29, 0.717) is 18.7 Å². The Labute approximate surface area is 194 Å². The molecule has 0 amide bonds. The number of hydrogen-bond donors (Lipinski definition) is 0. The fourth-order valence-corrected chi connectivity index (χ4v) is 5.75. The van der Waals surface area contributed by atoms with Gasteiger partial charge in [-0.1, -0.05) is 24.9 Å². The molecule has 1 aliphatic rings. The normalized spacial score (nSPS) is 15.0. The van der Waals surface area contributed by atoms with Gasteiger partial charge >= 0.3 is 5.97 Å². The third-order valence-electron chi connectivity index (χ3n) is 5.77. The number of esters is 1. The molecule has 1 aromatic carbocycles. The van der Waals surface area contributed by atoms with E-state index in [1.807, 2.05) is 13.8 Å². The number of piperidine rings is 1. The van der Waals surface area contributed by atoms with Crippen LogP contribution in [-0.4, -0.2) is 48.7 Å². The number of sulfonamides is 1. The first-order chi connectivity index (χ1) is 15.2. The lowest BCUT2D eigenvalue weighted by Crippen LogP contribution is -2.35. The van der Waals surface area contributed by atoms with Gasteiger partial charge in [-0.3, -0.25) is 4.79 Å². The van der Waals surface area contributed by atoms with Crippen molar-refractivity contribution in [1.29, 1.82) is 0 Å². The summed E-state index contributed by atoms with van der Waals surface area (Å²) in [7, 11) is -3.72. The molecule has 0 atom stereocenters. The zero-order valence-electron chi connectivity index (χ0n) is 18.7. The van der Waals surface area contributed by atoms with Crippen LogP contribution in [0.25, 0.3) is 0 Å². The van der Waals surface area contributed by atoms with Gasteiger partial charge in [-0.25, -0.2) is 13.2 Å². The van der Waals surface area contributed by atoms with Crippen LogP contribution in [0.3, 0.4) is 0 Å². The van der Waals surface area contributed by atoms with Crippen LogP contribution in [0.15, 0.2) is 29.2 Å². The van der Waals surface area contributed by atoms with Gasteiger partial charge in [0, 0.05) is 36.6 Å². The lowest BCUT2D eigenvalue weighted by atomic mass is 10.1. The van der Waals surface area contributed by atoms with Crippen LogP contribution in [0.5, 0.6) is 0 Å². The summed E-state index contributed by atoms with van der Waals surface area (Å²) in [5.74, 6) is -1.15. The van der Waals surface area contributed by atoms with Crippen LogP contribution in [-0.2, 0) is 21.3 Å². The molecule has 7 nitrogen and oxygen atoms in total. The molecule has 32 heavy (non-hydrogen) atoms. The number of halogens is 1. The molecule has 2 aromatic rings. The van der Waals surface area contributed by atoms with Crippen molar-refractivity contribution >= 4 is 33.4 Å². The summed E-state index contributed by atoms with van der Waals surface area (Å²) in [6, 6.07) is 5.78. The van der Waals surface area contributed by atoms with Crippen molar-refractivity contribution in [1.82, 2.24) is 8.87 Å². The fourth-order valence-electron chi connectivity index (χ4n) is 4.01. The number of nitrogens with zero attached hydrogens (tertiary/aromatic N) is 2. The van der Waals surface area contributed by atoms with Crippen LogP contribution in [0.4, 0.5) is 0 Å². The van der Waals surface area contributed by atoms with Gasteiger partial charge in [0.05, 0.1) is 15.5 Å². The van der Waals surface area contributed by atoms with Gasteiger partial charge in [-0.2, -0.15) is 4.31 Å². The predicted molar refractivity (Wildman–Crippen MR) is 123 cm³/mol. The zero-order chi connectivity index (χ0) is 23.5. The molecule has 174 valence electrons. The number of rotatable bonds is 8. The Bertz CT molecular complexity index is 1120. The Balaban J connectivity index is 1.75. The highest BCUT2D eigenvalue weighted by molar-refractivity contribution is 7.89. The molecule has 0 aliphatic carbocycles. The van der Waals surface area contributed by atoms with E-state index in [0.717, 1.165) is 43.6 Å². The molecule has 2 heterocycles. The van der Waals surface area contributed by atoms with Crippen molar-refractivity contribution in [3.63, 3.8) is 0 Å². The molecule has 1 aliphatic heterocycles. The number of hydrogen-bond acceptors (Lipinski definition) is 5. The third-order valence-corrected chi connectivity index (χ3v) is 7.99. The van der Waals surface area contributed by atoms with Crippen LogP contribution >= 0.6 is 11.6 Å². The monoisotopic (exact) mass is 480 g/mol. The van der Waals surface area contributed by atoms with Gasteiger partial charge in [0.15, 0.2) is 6.61 Å². The van der Waals surface area contributed by atoms with Crippen LogP contribution in [0.2, 0.25) is 5.02 Å². The maximum atomic E-state index is 12.9. The summed E-state index contributed by atoms with van der Waals surface area (Å²) in [6.07, 6.45) is 3.55. The number of aryl methyl sites for hydroxylation is 1. The number of Topliss-reactive ketones (excluding diaryl/α,β-unsaturated/α-hetero) is 1. The molecule has 9 heteroatoms. The first-order valence-electron chi connectivity index (χ1n) is 10.8. The Hall–Kier alpha value is -2.16. The smallest absolute Gasteiger partial charge is 0.340 e. The maximum Gasteiger partial charge on any atom is 0.340 e. The van der Waals surface area contributed by atoms with Gasteiger partial charge in [-0.15, -0.1) is 0 Å². The highest BCUT2D eigenvalue weighted by Gasteiger charge is 2.28. The first kappa shape index (κ1) is 24.5. The second-order valence-electron chi connectivity index (χ2n) is 8.04. The quantitative estimate of drug-likeness (QED) is 0.413. The fraction of sp³-hybridized carbons (Fsp3) is 0.478. The summed E-state index contributed by atoms with van der Waals surface area (Å²) in [5, 5.41) is 0.0705. The Morgan fingerprint density at radius 1 is 1.06 bits per heavy atom. The minimum absolute atomic E-state index is 0.00909. The summed E-state index contributed by atoms with van der Waals surface area (Å²) < 4.78 is 34.5. The molecule has 3 rings (SSSR count). The van der Waals surface area contributed by atoms with Crippen LogP contribution < -0.4 is 0 Å². The molecule has 1 aromatic heterocycles. The van der Waals surface area contributed by atoms with Crippen molar-refractivity contribution < 1.29 is 22.7 Å². The SMILES string of the molecule is CCCn1c(C)cc(C(=O)COC(=O)c2cc(S(=O)(=O)N3CCCCC3)ccc2Cl)c1C. The predicted octanol–water partition coefficient (Wildman–Crippen LogP) is 4.38. The van der Waals surface area contributed by atoms with E-state index in [9.17, 15) is 18.0 Å². The number of carbonyl (C=O) groups is 2. The molecule has 0 bridgehead atoms. The van der Waals surface area contributed by atoms with Crippen molar-refractivity contribution in [2.75, 3.05) is 19.7 Å². The average Bonchev–Trinajstić information content (AvgIpc) is 3.06. The summed E-state index contributed by atoms with van der Waals surface area (Å²) in [4.78, 5) is 25.3. The molecule has 0 spiro atoms. The van der Waals surface area contributed by atoms with E-state index >= 15 is 0 Å². The second-order valence-corrected chi connectivity index (χ2v) is 10.4. The lowest BCUT2D eigenvalue weighted by molar-refractivity contribution is 0.0474. The van der Waals surface area contributed by atoms with E-state index in [4.69, 9.17) is 16.3 Å². The van der Waals surface area contributed by atoms with Crippen molar-refractivity contribution in [2.24, 2.45) is 0 Å². The number of benzene rings is 1. The van der Waals surface area contributed by atoms with Gasteiger partial charge in [0.25, 0.3) is 0 Å². The highest BCUT2D eigenvalue weighted by Crippen LogP contribution is 2.26. The van der Waals surface area contributed by atoms with Gasteiger partial charge in [0.1, 0.15) is 0 Å². The van der Waals surface area contributed by atoms with E-state index in [1.54, 1.807) is 6.07 Å². The van der Waals surface area contributed by atoms with E-state index in [2.05, 4.69) is 11.5 Å². The number of carbonyl (C=O) groups excluding carboxylic acids is 2. The van der Waals surface area contributed by atoms with Crippen LogP contribution in [0.1, 0.15) is 64.7 Å². The molecule has 0 N–H and O–H groups in total. The first-order valence-corrected chi connectivity index (χ1v) is 12.7. The van der Waals surface area contributed by atoms with Gasteiger partial charge in [-0.05, 0) is 57.4 Å². The van der Waals surface area contributed by atoms with Crippen LogP contribution in [0, 0.1) is 13.8 Å². The number of ketones is 1. The summed E-state index contributed by atoms with van der Waals surface area (Å²) in [6.45, 7) is 7.12. The topological polar surface area (TPSA) is 85.7 Å². The van der Waals surface area contributed by atoms with Crippen molar-refractivity contribution in [3.8, 4) is 0 Å². The lowest BCUT2D eigenvalue weighted by Gasteiger charge is -2.26. The number of aromatic nitrogens is 1. The number of ether oxygens (including phenoxy) is 1. The minimum atomic E-state index is -3.72. The Kier molecular flexibility index (Phi) is 7.79. The largest absolute Gasteiger partial charge is 0.454 e. The summed E-state index contributed by atoms with van der Waals surface area (Å²) in [5.41, 5.74) is 2.24. The third kappa shape index (κ3) is 5.08. The Morgan fingerprint density at radius 3 is 2.41 bits per heavy atom. The Morgan fingerprint density at radius 2 is 1.75 bits per heavy atom. The van der Waals surface area contributed by atoms with Gasteiger partial charge < -0.3 is 9.30 Å². The van der Waals surface area contributed by atoms with E-state index < -0.39 is 22.6 Å². The second kappa shape index (κ2) is 10.2. The molecule has 0 saturated carbocycles. The van der Waals surface area contributed by atoms with Crippen molar-refractivity contribution in [2.45, 2.75) is 57.9 Å².